The average molecular weight is 409 g/mol. The molecular formula is C23H24FN3O3. The van der Waals surface area contributed by atoms with Gasteiger partial charge in [-0.05, 0) is 48.2 Å². The number of nitrogens with zero attached hydrogens (tertiary/aromatic N) is 3. The summed E-state index contributed by atoms with van der Waals surface area (Å²) in [5.74, 6) is -0.363. The van der Waals surface area contributed by atoms with Crippen LogP contribution in [0.2, 0.25) is 0 Å². The van der Waals surface area contributed by atoms with Crippen molar-refractivity contribution >= 4 is 5.91 Å². The SMILES string of the molecule is Cn1cnc(C(=O)N(Cc2ccc(F)c(-c3ccc(O)cc3)c2)C2CCOCC2)c1. The maximum absolute atomic E-state index is 14.5. The number of aromatic hydroxyl groups is 1. The molecule has 0 spiro atoms. The summed E-state index contributed by atoms with van der Waals surface area (Å²) >= 11 is 0. The Morgan fingerprint density at radius 3 is 2.63 bits per heavy atom. The summed E-state index contributed by atoms with van der Waals surface area (Å²) in [5, 5.41) is 9.51. The van der Waals surface area contributed by atoms with Crippen LogP contribution in [0.5, 0.6) is 5.75 Å². The van der Waals surface area contributed by atoms with E-state index in [1.165, 1.54) is 18.2 Å². The molecule has 2 heterocycles. The normalized spacial score (nSPS) is 14.6. The van der Waals surface area contributed by atoms with Crippen LogP contribution in [0, 0.1) is 5.82 Å². The number of amides is 1. The molecule has 30 heavy (non-hydrogen) atoms. The molecule has 1 fully saturated rings. The van der Waals surface area contributed by atoms with Crippen LogP contribution < -0.4 is 0 Å². The topological polar surface area (TPSA) is 67.6 Å². The van der Waals surface area contributed by atoms with Gasteiger partial charge in [0.15, 0.2) is 0 Å². The first-order valence-electron chi connectivity index (χ1n) is 9.96. The fourth-order valence-corrected chi connectivity index (χ4v) is 3.76. The van der Waals surface area contributed by atoms with E-state index in [0.29, 0.717) is 36.6 Å². The van der Waals surface area contributed by atoms with E-state index in [1.807, 2.05) is 11.9 Å². The van der Waals surface area contributed by atoms with Gasteiger partial charge in [-0.15, -0.1) is 0 Å². The zero-order valence-electron chi connectivity index (χ0n) is 16.8. The van der Waals surface area contributed by atoms with E-state index in [1.54, 1.807) is 41.4 Å². The molecule has 1 aliphatic rings. The maximum atomic E-state index is 14.5. The highest BCUT2D eigenvalue weighted by Crippen LogP contribution is 2.27. The molecule has 0 aliphatic carbocycles. The van der Waals surface area contributed by atoms with E-state index in [9.17, 15) is 14.3 Å². The first-order valence-corrected chi connectivity index (χ1v) is 9.96. The standard InChI is InChI=1S/C23H24FN3O3/c1-26-14-22(25-15-26)23(29)27(18-8-10-30-11-9-18)13-16-2-7-21(24)20(12-16)17-3-5-19(28)6-4-17/h2-7,12,14-15,18,28H,8-11,13H2,1H3. The number of halogens is 1. The fourth-order valence-electron chi connectivity index (χ4n) is 3.76. The van der Waals surface area contributed by atoms with Crippen LogP contribution in [-0.4, -0.2) is 44.7 Å². The molecule has 6 nitrogen and oxygen atoms in total. The Hall–Kier alpha value is -3.19. The number of rotatable bonds is 5. The zero-order valence-corrected chi connectivity index (χ0v) is 16.8. The largest absolute Gasteiger partial charge is 0.508 e. The number of aromatic nitrogens is 2. The predicted octanol–water partition coefficient (Wildman–Crippen LogP) is 3.75. The number of aryl methyl sites for hydroxylation is 1. The Kier molecular flexibility index (Phi) is 5.81. The molecular weight excluding hydrogens is 385 g/mol. The van der Waals surface area contributed by atoms with E-state index in [2.05, 4.69) is 4.98 Å². The van der Waals surface area contributed by atoms with Gasteiger partial charge < -0.3 is 19.3 Å². The molecule has 0 radical (unpaired) electrons. The number of hydrogen-bond acceptors (Lipinski definition) is 4. The quantitative estimate of drug-likeness (QED) is 0.697. The Morgan fingerprint density at radius 2 is 1.97 bits per heavy atom. The molecule has 0 unspecified atom stereocenters. The molecule has 156 valence electrons. The van der Waals surface area contributed by atoms with Crippen molar-refractivity contribution in [3.8, 4) is 16.9 Å². The summed E-state index contributed by atoms with van der Waals surface area (Å²) in [6.45, 7) is 1.57. The monoisotopic (exact) mass is 409 g/mol. The van der Waals surface area contributed by atoms with Crippen LogP contribution in [0.4, 0.5) is 4.39 Å². The molecule has 1 N–H and O–H groups in total. The van der Waals surface area contributed by atoms with Crippen LogP contribution in [-0.2, 0) is 18.3 Å². The van der Waals surface area contributed by atoms with Crippen molar-refractivity contribution < 1.29 is 19.0 Å². The van der Waals surface area contributed by atoms with Crippen LogP contribution >= 0.6 is 0 Å². The Balaban J connectivity index is 1.64. The maximum Gasteiger partial charge on any atom is 0.274 e. The molecule has 1 aromatic heterocycles. The van der Waals surface area contributed by atoms with Crippen molar-refractivity contribution in [1.29, 1.82) is 0 Å². The molecule has 2 aromatic carbocycles. The molecule has 1 amide bonds. The van der Waals surface area contributed by atoms with Gasteiger partial charge in [-0.1, -0.05) is 18.2 Å². The van der Waals surface area contributed by atoms with Gasteiger partial charge in [0.1, 0.15) is 17.3 Å². The van der Waals surface area contributed by atoms with Gasteiger partial charge in [-0.25, -0.2) is 9.37 Å². The second-order valence-corrected chi connectivity index (χ2v) is 7.56. The van der Waals surface area contributed by atoms with Crippen molar-refractivity contribution in [3.05, 3.63) is 72.1 Å². The summed E-state index contributed by atoms with van der Waals surface area (Å²) in [4.78, 5) is 19.3. The lowest BCUT2D eigenvalue weighted by Gasteiger charge is -2.34. The lowest BCUT2D eigenvalue weighted by molar-refractivity contribution is 0.0264. The summed E-state index contributed by atoms with van der Waals surface area (Å²) < 4.78 is 21.7. The third-order valence-corrected chi connectivity index (χ3v) is 5.38. The summed E-state index contributed by atoms with van der Waals surface area (Å²) in [6, 6.07) is 11.3. The number of phenols is 1. The molecule has 0 saturated carbocycles. The Bertz CT molecular complexity index is 1030. The number of hydrogen-bond donors (Lipinski definition) is 1. The van der Waals surface area contributed by atoms with Gasteiger partial charge in [-0.2, -0.15) is 0 Å². The van der Waals surface area contributed by atoms with E-state index < -0.39 is 0 Å². The number of ether oxygens (including phenoxy) is 1. The predicted molar refractivity (Wildman–Crippen MR) is 110 cm³/mol. The second kappa shape index (κ2) is 8.67. The summed E-state index contributed by atoms with van der Waals surface area (Å²) in [5.41, 5.74) is 2.32. The van der Waals surface area contributed by atoms with Crippen LogP contribution in [0.15, 0.2) is 55.0 Å². The van der Waals surface area contributed by atoms with Gasteiger partial charge >= 0.3 is 0 Å². The molecule has 0 bridgehead atoms. The fraction of sp³-hybridized carbons (Fsp3) is 0.304. The van der Waals surface area contributed by atoms with Gasteiger partial charge in [-0.3, -0.25) is 4.79 Å². The van der Waals surface area contributed by atoms with E-state index in [0.717, 1.165) is 18.4 Å². The lowest BCUT2D eigenvalue weighted by Crippen LogP contribution is -2.43. The first-order chi connectivity index (χ1) is 14.5. The van der Waals surface area contributed by atoms with E-state index in [-0.39, 0.29) is 23.5 Å². The van der Waals surface area contributed by atoms with Crippen molar-refractivity contribution in [2.75, 3.05) is 13.2 Å². The van der Waals surface area contributed by atoms with E-state index in [4.69, 9.17) is 4.74 Å². The number of carbonyl (C=O) groups is 1. The number of benzene rings is 2. The highest BCUT2D eigenvalue weighted by molar-refractivity contribution is 5.92. The lowest BCUT2D eigenvalue weighted by atomic mass is 10.0. The highest BCUT2D eigenvalue weighted by atomic mass is 19.1. The minimum Gasteiger partial charge on any atom is -0.508 e. The van der Waals surface area contributed by atoms with Gasteiger partial charge in [0.25, 0.3) is 5.91 Å². The molecule has 0 atom stereocenters. The Labute approximate surface area is 174 Å². The van der Waals surface area contributed by atoms with Crippen LogP contribution in [0.3, 0.4) is 0 Å². The zero-order chi connectivity index (χ0) is 21.1. The third-order valence-electron chi connectivity index (χ3n) is 5.38. The molecule has 3 aromatic rings. The minimum absolute atomic E-state index is 0.0374. The second-order valence-electron chi connectivity index (χ2n) is 7.56. The first kappa shape index (κ1) is 20.1. The van der Waals surface area contributed by atoms with Crippen molar-refractivity contribution in [2.24, 2.45) is 7.05 Å². The highest BCUT2D eigenvalue weighted by Gasteiger charge is 2.28. The van der Waals surface area contributed by atoms with Gasteiger partial charge in [0.2, 0.25) is 0 Å². The third kappa shape index (κ3) is 4.36. The number of phenolic OH excluding ortho intramolecular Hbond substituents is 1. The van der Waals surface area contributed by atoms with Crippen LogP contribution in [0.1, 0.15) is 28.9 Å². The number of imidazole rings is 1. The molecule has 1 aliphatic heterocycles. The smallest absolute Gasteiger partial charge is 0.274 e. The molecule has 1 saturated heterocycles. The van der Waals surface area contributed by atoms with Crippen molar-refractivity contribution in [3.63, 3.8) is 0 Å². The van der Waals surface area contributed by atoms with Gasteiger partial charge in [0, 0.05) is 44.6 Å². The average Bonchev–Trinajstić information content (AvgIpc) is 3.20. The number of carbonyl (C=O) groups excluding carboxylic acids is 1. The molecule has 4 rings (SSSR count). The summed E-state index contributed by atoms with van der Waals surface area (Å²) in [7, 11) is 1.83. The van der Waals surface area contributed by atoms with E-state index >= 15 is 0 Å². The molecule has 7 heteroatoms. The van der Waals surface area contributed by atoms with Gasteiger partial charge in [0.05, 0.1) is 6.33 Å². The minimum atomic E-state index is -0.349. The summed E-state index contributed by atoms with van der Waals surface area (Å²) in [6.07, 6.45) is 4.83. The Morgan fingerprint density at radius 1 is 1.23 bits per heavy atom. The van der Waals surface area contributed by atoms with Crippen molar-refractivity contribution in [1.82, 2.24) is 14.5 Å². The van der Waals surface area contributed by atoms with Crippen molar-refractivity contribution in [2.45, 2.75) is 25.4 Å². The van der Waals surface area contributed by atoms with Crippen LogP contribution in [0.25, 0.3) is 11.1 Å².